The van der Waals surface area contributed by atoms with Crippen molar-refractivity contribution in [1.82, 2.24) is 5.32 Å². The van der Waals surface area contributed by atoms with Crippen LogP contribution in [0.2, 0.25) is 0 Å². The smallest absolute Gasteiger partial charge is 0.326 e. The lowest BCUT2D eigenvalue weighted by molar-refractivity contribution is 0.249. The summed E-state index contributed by atoms with van der Waals surface area (Å²) in [4.78, 5) is 26.5. The molecule has 0 aliphatic rings. The van der Waals surface area contributed by atoms with Crippen LogP contribution >= 0.6 is 0 Å². The van der Waals surface area contributed by atoms with Crippen molar-refractivity contribution in [3.8, 4) is 0 Å². The molecular weight excluding hydrogens is 376 g/mol. The van der Waals surface area contributed by atoms with Crippen LogP contribution in [-0.4, -0.2) is 25.7 Å². The van der Waals surface area contributed by atoms with Gasteiger partial charge in [0.05, 0.1) is 0 Å². The first-order valence-electron chi connectivity index (χ1n) is 10.7. The van der Waals surface area contributed by atoms with Crippen molar-refractivity contribution in [3.05, 3.63) is 54.1 Å². The van der Waals surface area contributed by atoms with Crippen LogP contribution in [0.25, 0.3) is 0 Å². The Morgan fingerprint density at radius 3 is 2.43 bits per heavy atom. The average molecular weight is 411 g/mol. The molecule has 0 heterocycles. The van der Waals surface area contributed by atoms with E-state index < -0.39 is 0 Å². The minimum atomic E-state index is -0.248. The number of nitrogens with zero attached hydrogens (tertiary/aromatic N) is 1. The van der Waals surface area contributed by atoms with E-state index in [4.69, 9.17) is 0 Å². The molecular formula is C24H34N4O2. The van der Waals surface area contributed by atoms with Gasteiger partial charge in [0.25, 0.3) is 0 Å². The summed E-state index contributed by atoms with van der Waals surface area (Å²) in [7, 11) is 1.72. The summed E-state index contributed by atoms with van der Waals surface area (Å²) in [5, 5.41) is 8.76. The second-order valence-corrected chi connectivity index (χ2v) is 7.61. The first-order valence-corrected chi connectivity index (χ1v) is 10.7. The highest BCUT2D eigenvalue weighted by Crippen LogP contribution is 2.21. The summed E-state index contributed by atoms with van der Waals surface area (Å²) in [5.41, 5.74) is 3.03. The minimum absolute atomic E-state index is 0.224. The van der Waals surface area contributed by atoms with Gasteiger partial charge in [-0.3, -0.25) is 4.90 Å². The van der Waals surface area contributed by atoms with Gasteiger partial charge >= 0.3 is 12.1 Å². The number of hydrogen-bond acceptors (Lipinski definition) is 2. The Kier molecular flexibility index (Phi) is 9.19. The summed E-state index contributed by atoms with van der Waals surface area (Å²) >= 11 is 0. The zero-order valence-electron chi connectivity index (χ0n) is 18.5. The van der Waals surface area contributed by atoms with Crippen LogP contribution < -0.4 is 20.9 Å². The van der Waals surface area contributed by atoms with Gasteiger partial charge in [0.2, 0.25) is 0 Å². The SMILES string of the molecule is CCCCC(CC)CNC(=O)Nc1cc(NC(=O)N(C)c2ccccc2)ccc1C. The number of hydrogen-bond donors (Lipinski definition) is 3. The largest absolute Gasteiger partial charge is 0.338 e. The lowest BCUT2D eigenvalue weighted by Crippen LogP contribution is -2.33. The van der Waals surface area contributed by atoms with Crippen molar-refractivity contribution in [2.24, 2.45) is 5.92 Å². The van der Waals surface area contributed by atoms with E-state index in [1.807, 2.05) is 49.4 Å². The molecule has 2 aromatic carbocycles. The Labute approximate surface area is 180 Å². The van der Waals surface area contributed by atoms with Crippen molar-refractivity contribution in [2.45, 2.75) is 46.5 Å². The number of carbonyl (C=O) groups is 2. The number of benzene rings is 2. The molecule has 3 N–H and O–H groups in total. The molecule has 4 amide bonds. The second-order valence-electron chi connectivity index (χ2n) is 7.61. The number of urea groups is 2. The molecule has 0 radical (unpaired) electrons. The lowest BCUT2D eigenvalue weighted by Gasteiger charge is -2.19. The fourth-order valence-electron chi connectivity index (χ4n) is 3.16. The van der Waals surface area contributed by atoms with Gasteiger partial charge in [-0.05, 0) is 49.1 Å². The number of unbranched alkanes of at least 4 members (excludes halogenated alkanes) is 1. The van der Waals surface area contributed by atoms with Gasteiger partial charge in [0, 0.05) is 30.7 Å². The molecule has 0 saturated heterocycles. The highest BCUT2D eigenvalue weighted by molar-refractivity contribution is 6.02. The van der Waals surface area contributed by atoms with Crippen molar-refractivity contribution in [2.75, 3.05) is 29.1 Å². The van der Waals surface area contributed by atoms with E-state index in [9.17, 15) is 9.59 Å². The predicted molar refractivity (Wildman–Crippen MR) is 125 cm³/mol. The summed E-state index contributed by atoms with van der Waals surface area (Å²) in [5.74, 6) is 0.496. The van der Waals surface area contributed by atoms with Gasteiger partial charge in [-0.2, -0.15) is 0 Å². The fourth-order valence-corrected chi connectivity index (χ4v) is 3.16. The third-order valence-corrected chi connectivity index (χ3v) is 5.28. The normalized spacial score (nSPS) is 11.5. The quantitative estimate of drug-likeness (QED) is 0.474. The maximum absolute atomic E-state index is 12.5. The number of rotatable bonds is 9. The molecule has 0 saturated carbocycles. The number of nitrogens with one attached hydrogen (secondary N) is 3. The number of amides is 4. The van der Waals surface area contributed by atoms with Crippen molar-refractivity contribution >= 4 is 29.1 Å². The molecule has 0 spiro atoms. The van der Waals surface area contributed by atoms with E-state index in [-0.39, 0.29) is 12.1 Å². The maximum atomic E-state index is 12.5. The third kappa shape index (κ3) is 7.10. The molecule has 162 valence electrons. The van der Waals surface area contributed by atoms with E-state index in [2.05, 4.69) is 29.8 Å². The maximum Gasteiger partial charge on any atom is 0.326 e. The average Bonchev–Trinajstić information content (AvgIpc) is 2.76. The highest BCUT2D eigenvalue weighted by Gasteiger charge is 2.13. The Morgan fingerprint density at radius 1 is 1.03 bits per heavy atom. The lowest BCUT2D eigenvalue weighted by atomic mass is 9.99. The number of aryl methyl sites for hydroxylation is 1. The molecule has 0 aliphatic heterocycles. The highest BCUT2D eigenvalue weighted by atomic mass is 16.2. The zero-order chi connectivity index (χ0) is 21.9. The van der Waals surface area contributed by atoms with Crippen LogP contribution in [0, 0.1) is 12.8 Å². The van der Waals surface area contributed by atoms with E-state index >= 15 is 0 Å². The Morgan fingerprint density at radius 2 is 1.77 bits per heavy atom. The topological polar surface area (TPSA) is 73.5 Å². The van der Waals surface area contributed by atoms with Crippen molar-refractivity contribution in [1.29, 1.82) is 0 Å². The second kappa shape index (κ2) is 11.9. The van der Waals surface area contributed by atoms with Crippen LogP contribution in [-0.2, 0) is 0 Å². The van der Waals surface area contributed by atoms with Crippen LogP contribution in [0.3, 0.4) is 0 Å². The summed E-state index contributed by atoms with van der Waals surface area (Å²) in [6.45, 7) is 6.93. The molecule has 2 aromatic rings. The minimum Gasteiger partial charge on any atom is -0.338 e. The predicted octanol–water partition coefficient (Wildman–Crippen LogP) is 6.00. The van der Waals surface area contributed by atoms with Crippen molar-refractivity contribution in [3.63, 3.8) is 0 Å². The summed E-state index contributed by atoms with van der Waals surface area (Å²) in [6, 6.07) is 14.4. The number of anilines is 3. The number of para-hydroxylation sites is 1. The first kappa shape index (κ1) is 23.3. The Hall–Kier alpha value is -3.02. The molecule has 0 aliphatic carbocycles. The molecule has 1 unspecified atom stereocenters. The summed E-state index contributed by atoms with van der Waals surface area (Å²) in [6.07, 6.45) is 4.53. The van der Waals surface area contributed by atoms with Gasteiger partial charge in [0.1, 0.15) is 0 Å². The first-order chi connectivity index (χ1) is 14.4. The van der Waals surface area contributed by atoms with Gasteiger partial charge in [-0.25, -0.2) is 9.59 Å². The molecule has 6 nitrogen and oxygen atoms in total. The van der Waals surface area contributed by atoms with Crippen LogP contribution in [0.5, 0.6) is 0 Å². The fraction of sp³-hybridized carbons (Fsp3) is 0.417. The Balaban J connectivity index is 1.95. The molecule has 1 atom stereocenters. The molecule has 0 fully saturated rings. The van der Waals surface area contributed by atoms with Crippen LogP contribution in [0.1, 0.15) is 45.1 Å². The van der Waals surface area contributed by atoms with Gasteiger partial charge in [-0.15, -0.1) is 0 Å². The van der Waals surface area contributed by atoms with Crippen molar-refractivity contribution < 1.29 is 9.59 Å². The monoisotopic (exact) mass is 410 g/mol. The Bertz CT molecular complexity index is 823. The molecule has 0 aromatic heterocycles. The van der Waals surface area contributed by atoms with E-state index in [1.54, 1.807) is 18.0 Å². The third-order valence-electron chi connectivity index (χ3n) is 5.28. The van der Waals surface area contributed by atoms with E-state index in [0.717, 1.165) is 24.1 Å². The van der Waals surface area contributed by atoms with E-state index in [1.165, 1.54) is 12.8 Å². The van der Waals surface area contributed by atoms with Crippen LogP contribution in [0.4, 0.5) is 26.7 Å². The zero-order valence-corrected chi connectivity index (χ0v) is 18.5. The standard InChI is InChI=1S/C24H34N4O2/c1-5-7-11-19(6-2)17-25-23(29)27-22-16-20(15-14-18(22)3)26-24(30)28(4)21-12-9-8-10-13-21/h8-10,12-16,19H,5-7,11,17H2,1-4H3,(H,26,30)(H2,25,27,29). The van der Waals surface area contributed by atoms with E-state index in [0.29, 0.717) is 23.8 Å². The van der Waals surface area contributed by atoms with Crippen LogP contribution in [0.15, 0.2) is 48.5 Å². The van der Waals surface area contributed by atoms with Gasteiger partial charge < -0.3 is 16.0 Å². The summed E-state index contributed by atoms with van der Waals surface area (Å²) < 4.78 is 0. The molecule has 30 heavy (non-hydrogen) atoms. The molecule has 2 rings (SSSR count). The number of carbonyl (C=O) groups excluding carboxylic acids is 2. The molecule has 0 bridgehead atoms. The van der Waals surface area contributed by atoms with Gasteiger partial charge in [-0.1, -0.05) is 57.4 Å². The molecule has 6 heteroatoms. The van der Waals surface area contributed by atoms with Gasteiger partial charge in [0.15, 0.2) is 0 Å².